The summed E-state index contributed by atoms with van der Waals surface area (Å²) in [7, 11) is 1.47. The molecule has 1 aliphatic rings. The first kappa shape index (κ1) is 25.7. The Hall–Kier alpha value is -3.35. The molecule has 5 rings (SSSR count). The number of halogens is 3. The first-order valence-electron chi connectivity index (χ1n) is 10.4. The van der Waals surface area contributed by atoms with E-state index in [9.17, 15) is 37.5 Å². The molecular weight excluding hydrogens is 494 g/mol. The minimum atomic E-state index is -4.63. The zero-order valence-electron chi connectivity index (χ0n) is 19.0. The van der Waals surface area contributed by atoms with Crippen LogP contribution in [0, 0.1) is 0 Å². The SMILES string of the molecule is Cn1c(=O)oc2cc(-n3cc(C(=O)[O-])c(=O)n([C@@H]4CCc5c4cccc5C(F)(F)F)c3=O)ccc21.[Na+]. The van der Waals surface area contributed by atoms with E-state index < -0.39 is 46.3 Å². The summed E-state index contributed by atoms with van der Waals surface area (Å²) in [5.74, 6) is -2.51. The van der Waals surface area contributed by atoms with Crippen LogP contribution in [-0.2, 0) is 19.6 Å². The number of hydrogen-bond donors (Lipinski definition) is 0. The van der Waals surface area contributed by atoms with Crippen molar-refractivity contribution < 1.29 is 57.0 Å². The van der Waals surface area contributed by atoms with Gasteiger partial charge in [-0.25, -0.2) is 9.59 Å². The number of aromatic carboxylic acids is 1. The van der Waals surface area contributed by atoms with E-state index in [1.807, 2.05) is 0 Å². The van der Waals surface area contributed by atoms with E-state index in [-0.39, 0.29) is 64.8 Å². The van der Waals surface area contributed by atoms with Gasteiger partial charge in [-0.3, -0.25) is 18.5 Å². The number of carbonyl (C=O) groups is 1. The number of rotatable bonds is 3. The van der Waals surface area contributed by atoms with Gasteiger partial charge in [0.1, 0.15) is 0 Å². The number of alkyl halides is 3. The third-order valence-corrected chi connectivity index (χ3v) is 6.25. The third kappa shape index (κ3) is 3.94. The van der Waals surface area contributed by atoms with E-state index in [1.54, 1.807) is 0 Å². The number of carboxylic acid groups (broad SMARTS) is 1. The molecule has 180 valence electrons. The van der Waals surface area contributed by atoms with Crippen LogP contribution in [0.15, 0.2) is 61.4 Å². The van der Waals surface area contributed by atoms with E-state index in [0.717, 1.165) is 16.8 Å². The number of hydrogen-bond acceptors (Lipinski definition) is 6. The van der Waals surface area contributed by atoms with Gasteiger partial charge in [-0.15, -0.1) is 0 Å². The van der Waals surface area contributed by atoms with Crippen molar-refractivity contribution in [2.45, 2.75) is 25.1 Å². The molecule has 0 spiro atoms. The molecule has 0 radical (unpaired) electrons. The van der Waals surface area contributed by atoms with Crippen LogP contribution >= 0.6 is 0 Å². The molecule has 0 N–H and O–H groups in total. The van der Waals surface area contributed by atoms with Crippen LogP contribution in [0.5, 0.6) is 0 Å². The Morgan fingerprint density at radius 2 is 1.86 bits per heavy atom. The summed E-state index contributed by atoms with van der Waals surface area (Å²) in [6.45, 7) is 0. The molecule has 2 aromatic carbocycles. The number of aryl methyl sites for hydroxylation is 1. The molecule has 0 amide bonds. The van der Waals surface area contributed by atoms with Crippen LogP contribution in [0.2, 0.25) is 0 Å². The molecule has 36 heavy (non-hydrogen) atoms. The van der Waals surface area contributed by atoms with E-state index >= 15 is 0 Å². The number of fused-ring (bicyclic) bond motifs is 2. The molecule has 0 saturated heterocycles. The fourth-order valence-electron chi connectivity index (χ4n) is 4.61. The summed E-state index contributed by atoms with van der Waals surface area (Å²) >= 11 is 0. The Morgan fingerprint density at radius 3 is 2.53 bits per heavy atom. The van der Waals surface area contributed by atoms with Crippen LogP contribution in [0.3, 0.4) is 0 Å². The average molecular weight is 509 g/mol. The summed E-state index contributed by atoms with van der Waals surface area (Å²) in [5, 5.41) is 11.7. The van der Waals surface area contributed by atoms with Gasteiger partial charge in [0.25, 0.3) is 5.56 Å². The maximum atomic E-state index is 13.5. The number of carbonyl (C=O) groups excluding carboxylic acids is 1. The second-order valence-electron chi connectivity index (χ2n) is 8.16. The van der Waals surface area contributed by atoms with Crippen LogP contribution in [0.1, 0.15) is 39.5 Å². The smallest absolute Gasteiger partial charge is 0.545 e. The zero-order valence-corrected chi connectivity index (χ0v) is 21.0. The standard InChI is InChI=1S/C23H16F3N3O6.Na/c1-27-17-7-5-11(9-18(17)35-22(27)34)28-10-14(20(31)32)19(30)29(21(28)33)16-8-6-12-13(16)3-2-4-15(12)23(24,25)26;/h2-5,7,9-10,16H,6,8H2,1H3,(H,31,32);/q;+1/p-1/t16-;/m1./s1. The van der Waals surface area contributed by atoms with Crippen molar-refractivity contribution in [3.63, 3.8) is 0 Å². The van der Waals surface area contributed by atoms with Crippen molar-refractivity contribution in [2.24, 2.45) is 7.05 Å². The summed E-state index contributed by atoms with van der Waals surface area (Å²) in [4.78, 5) is 50.0. The van der Waals surface area contributed by atoms with Crippen molar-refractivity contribution >= 4 is 17.1 Å². The Kier molecular flexibility index (Phi) is 6.40. The Bertz CT molecular complexity index is 1710. The molecule has 0 unspecified atom stereocenters. The predicted molar refractivity (Wildman–Crippen MR) is 114 cm³/mol. The van der Waals surface area contributed by atoms with Crippen molar-refractivity contribution in [1.29, 1.82) is 0 Å². The van der Waals surface area contributed by atoms with Crippen molar-refractivity contribution in [3.05, 3.63) is 96.2 Å². The Labute approximate surface area is 221 Å². The summed E-state index contributed by atoms with van der Waals surface area (Å²) in [6, 6.07) is 6.56. The first-order valence-corrected chi connectivity index (χ1v) is 10.4. The van der Waals surface area contributed by atoms with Gasteiger partial charge >= 0.3 is 47.2 Å². The van der Waals surface area contributed by atoms with Crippen molar-refractivity contribution in [2.75, 3.05) is 0 Å². The molecule has 1 atom stereocenters. The topological polar surface area (TPSA) is 119 Å². The first-order chi connectivity index (χ1) is 16.5. The van der Waals surface area contributed by atoms with Gasteiger partial charge in [-0.1, -0.05) is 12.1 Å². The van der Waals surface area contributed by atoms with E-state index in [4.69, 9.17) is 4.42 Å². The van der Waals surface area contributed by atoms with Gasteiger partial charge in [0.05, 0.1) is 34.3 Å². The molecule has 0 saturated carbocycles. The number of carboxylic acids is 1. The summed E-state index contributed by atoms with van der Waals surface area (Å²) < 4.78 is 48.3. The van der Waals surface area contributed by atoms with Crippen LogP contribution in [0.25, 0.3) is 16.8 Å². The van der Waals surface area contributed by atoms with Gasteiger partial charge in [0.15, 0.2) is 5.58 Å². The van der Waals surface area contributed by atoms with Crippen LogP contribution in [0.4, 0.5) is 13.2 Å². The molecule has 2 aromatic heterocycles. The molecule has 9 nitrogen and oxygen atoms in total. The van der Waals surface area contributed by atoms with Gasteiger partial charge < -0.3 is 14.3 Å². The van der Waals surface area contributed by atoms with Gasteiger partial charge in [-0.05, 0) is 42.2 Å². The Balaban J connectivity index is 0.00000304. The second kappa shape index (κ2) is 8.95. The summed E-state index contributed by atoms with van der Waals surface area (Å²) in [5.41, 5.74) is -3.21. The number of oxazole rings is 1. The molecule has 0 fully saturated rings. The minimum Gasteiger partial charge on any atom is -0.545 e. The summed E-state index contributed by atoms with van der Waals surface area (Å²) in [6.07, 6.45) is -3.91. The molecule has 2 heterocycles. The maximum absolute atomic E-state index is 13.5. The maximum Gasteiger partial charge on any atom is 1.00 e. The molecule has 1 aliphatic carbocycles. The van der Waals surface area contributed by atoms with Crippen LogP contribution in [-0.4, -0.2) is 19.7 Å². The van der Waals surface area contributed by atoms with Gasteiger partial charge in [0.2, 0.25) is 0 Å². The number of benzene rings is 2. The van der Waals surface area contributed by atoms with E-state index in [0.29, 0.717) is 10.1 Å². The van der Waals surface area contributed by atoms with E-state index in [2.05, 4.69) is 0 Å². The van der Waals surface area contributed by atoms with Crippen molar-refractivity contribution in [3.8, 4) is 5.69 Å². The molecular formula is C23H15F3N3NaO6. The number of aromatic nitrogens is 3. The fraction of sp³-hybridized carbons (Fsp3) is 0.217. The number of nitrogens with zero attached hydrogens (tertiary/aromatic N) is 3. The molecule has 4 aromatic rings. The normalized spacial score (nSPS) is 15.1. The zero-order chi connectivity index (χ0) is 25.2. The fourth-order valence-corrected chi connectivity index (χ4v) is 4.61. The predicted octanol–water partition coefficient (Wildman–Crippen LogP) is -1.63. The van der Waals surface area contributed by atoms with Crippen LogP contribution < -0.4 is 51.7 Å². The van der Waals surface area contributed by atoms with Gasteiger partial charge in [0, 0.05) is 19.3 Å². The quantitative estimate of drug-likeness (QED) is 0.306. The van der Waals surface area contributed by atoms with E-state index in [1.165, 1.54) is 41.9 Å². The Morgan fingerprint density at radius 1 is 1.14 bits per heavy atom. The second-order valence-corrected chi connectivity index (χ2v) is 8.16. The van der Waals surface area contributed by atoms with Gasteiger partial charge in [-0.2, -0.15) is 13.2 Å². The molecule has 0 aliphatic heterocycles. The monoisotopic (exact) mass is 509 g/mol. The molecule has 0 bridgehead atoms. The minimum absolute atomic E-state index is 0. The van der Waals surface area contributed by atoms with Crippen molar-refractivity contribution in [1.82, 2.24) is 13.7 Å². The molecule has 13 heteroatoms. The largest absolute Gasteiger partial charge is 1.00 e. The third-order valence-electron chi connectivity index (χ3n) is 6.25. The average Bonchev–Trinajstić information content (AvgIpc) is 3.33.